The van der Waals surface area contributed by atoms with E-state index in [1.54, 1.807) is 0 Å². The molecule has 0 aromatic rings. The van der Waals surface area contributed by atoms with Crippen LogP contribution in [0, 0.1) is 5.92 Å². The Labute approximate surface area is 107 Å². The second kappa shape index (κ2) is 5.85. The third-order valence-corrected chi connectivity index (χ3v) is 3.42. The van der Waals surface area contributed by atoms with E-state index in [2.05, 4.69) is 5.32 Å². The van der Waals surface area contributed by atoms with Gasteiger partial charge in [0.05, 0.1) is 0 Å². The number of rotatable bonds is 5. The van der Waals surface area contributed by atoms with Crippen molar-refractivity contribution in [2.75, 3.05) is 0 Å². The molecule has 0 aliphatic heterocycles. The number of amides is 1. The van der Waals surface area contributed by atoms with Crippen molar-refractivity contribution in [2.24, 2.45) is 5.92 Å². The first-order valence-electron chi connectivity index (χ1n) is 6.47. The number of carbonyl (C=O) groups excluding carboxylic acids is 2. The molecule has 4 heteroatoms. The number of allylic oxidation sites excluding steroid dienone is 3. The first kappa shape index (κ1) is 12.9. The van der Waals surface area contributed by atoms with Gasteiger partial charge in [-0.2, -0.15) is 0 Å². The van der Waals surface area contributed by atoms with Crippen molar-refractivity contribution >= 4 is 12.4 Å². The maximum Gasteiger partial charge on any atom is 0.408 e. The van der Waals surface area contributed by atoms with Gasteiger partial charge >= 0.3 is 6.09 Å². The number of ether oxygens (including phenoxy) is 1. The molecule has 0 radical (unpaired) electrons. The Hall–Kier alpha value is -1.58. The Kier molecular flexibility index (Phi) is 4.18. The quantitative estimate of drug-likeness (QED) is 0.601. The van der Waals surface area contributed by atoms with E-state index in [0.717, 1.165) is 31.1 Å². The molecule has 2 aliphatic rings. The summed E-state index contributed by atoms with van der Waals surface area (Å²) in [7, 11) is 0. The van der Waals surface area contributed by atoms with Crippen molar-refractivity contribution < 1.29 is 14.3 Å². The molecule has 98 valence electrons. The molecule has 1 amide bonds. The van der Waals surface area contributed by atoms with Gasteiger partial charge in [0.25, 0.3) is 0 Å². The second-order valence-electron chi connectivity index (χ2n) is 4.90. The molecule has 0 aromatic carbocycles. The lowest BCUT2D eigenvalue weighted by Gasteiger charge is -2.19. The van der Waals surface area contributed by atoms with E-state index in [0.29, 0.717) is 12.3 Å². The van der Waals surface area contributed by atoms with Gasteiger partial charge < -0.3 is 14.8 Å². The number of carbonyl (C=O) groups is 2. The fourth-order valence-corrected chi connectivity index (χ4v) is 2.08. The highest BCUT2D eigenvalue weighted by atomic mass is 16.6. The molecule has 18 heavy (non-hydrogen) atoms. The summed E-state index contributed by atoms with van der Waals surface area (Å²) < 4.78 is 5.24. The summed E-state index contributed by atoms with van der Waals surface area (Å²) in [5.74, 6) is 0.502. The average molecular weight is 249 g/mol. The molecular weight excluding hydrogens is 230 g/mol. The number of alkyl carbamates (subject to hydrolysis) is 1. The van der Waals surface area contributed by atoms with Gasteiger partial charge in [-0.1, -0.05) is 18.2 Å². The van der Waals surface area contributed by atoms with Crippen LogP contribution in [-0.4, -0.2) is 24.5 Å². The standard InChI is InChI=1S/C14H19NO3/c1-10(11-7-8-11)18-14(17)15-13(9-16)12-5-3-2-4-6-12/h2-3,6,9-11,13H,4-5,7-8H2,1H3,(H,15,17). The van der Waals surface area contributed by atoms with Crippen LogP contribution in [0.1, 0.15) is 32.6 Å². The van der Waals surface area contributed by atoms with Gasteiger partial charge in [-0.05, 0) is 44.1 Å². The zero-order valence-corrected chi connectivity index (χ0v) is 10.6. The van der Waals surface area contributed by atoms with Gasteiger partial charge in [0.1, 0.15) is 18.4 Å². The molecule has 2 aliphatic carbocycles. The number of nitrogens with one attached hydrogen (secondary N) is 1. The lowest BCUT2D eigenvalue weighted by Crippen LogP contribution is -2.39. The molecule has 2 atom stereocenters. The van der Waals surface area contributed by atoms with Gasteiger partial charge in [-0.3, -0.25) is 0 Å². The Balaban J connectivity index is 1.83. The second-order valence-corrected chi connectivity index (χ2v) is 4.90. The fraction of sp³-hybridized carbons (Fsp3) is 0.571. The van der Waals surface area contributed by atoms with Crippen LogP contribution < -0.4 is 5.32 Å². The lowest BCUT2D eigenvalue weighted by molar-refractivity contribution is -0.108. The third-order valence-electron chi connectivity index (χ3n) is 3.42. The van der Waals surface area contributed by atoms with Gasteiger partial charge in [-0.25, -0.2) is 4.79 Å². The van der Waals surface area contributed by atoms with E-state index in [9.17, 15) is 9.59 Å². The minimum atomic E-state index is -0.561. The lowest BCUT2D eigenvalue weighted by atomic mass is 9.99. The average Bonchev–Trinajstić information content (AvgIpc) is 3.21. The molecule has 0 bridgehead atoms. The summed E-state index contributed by atoms with van der Waals surface area (Å²) >= 11 is 0. The zero-order valence-electron chi connectivity index (χ0n) is 10.6. The smallest absolute Gasteiger partial charge is 0.408 e. The van der Waals surface area contributed by atoms with E-state index in [4.69, 9.17) is 4.74 Å². The van der Waals surface area contributed by atoms with Crippen molar-refractivity contribution in [1.82, 2.24) is 5.32 Å². The first-order chi connectivity index (χ1) is 8.70. The van der Waals surface area contributed by atoms with Crippen LogP contribution in [-0.2, 0) is 9.53 Å². The molecule has 1 saturated carbocycles. The predicted octanol–water partition coefficient (Wildman–Crippen LogP) is 2.36. The Morgan fingerprint density at radius 2 is 2.28 bits per heavy atom. The van der Waals surface area contributed by atoms with E-state index < -0.39 is 12.1 Å². The molecule has 4 nitrogen and oxygen atoms in total. The molecule has 0 aromatic heterocycles. The van der Waals surface area contributed by atoms with E-state index in [1.165, 1.54) is 0 Å². The number of aldehydes is 1. The summed E-state index contributed by atoms with van der Waals surface area (Å²) in [6.45, 7) is 1.90. The molecule has 2 rings (SSSR count). The molecule has 0 spiro atoms. The Morgan fingerprint density at radius 3 is 2.83 bits per heavy atom. The van der Waals surface area contributed by atoms with Gasteiger partial charge in [0.2, 0.25) is 0 Å². The normalized spacial score (nSPS) is 21.7. The number of hydrogen-bond acceptors (Lipinski definition) is 3. The summed E-state index contributed by atoms with van der Waals surface area (Å²) in [6.07, 6.45) is 10.0. The highest BCUT2D eigenvalue weighted by molar-refractivity contribution is 5.75. The van der Waals surface area contributed by atoms with Crippen LogP contribution in [0.5, 0.6) is 0 Å². The van der Waals surface area contributed by atoms with Gasteiger partial charge in [0.15, 0.2) is 0 Å². The molecule has 1 N–H and O–H groups in total. The number of hydrogen-bond donors (Lipinski definition) is 1. The third kappa shape index (κ3) is 3.45. The molecule has 0 saturated heterocycles. The predicted molar refractivity (Wildman–Crippen MR) is 68.1 cm³/mol. The highest BCUT2D eigenvalue weighted by Crippen LogP contribution is 2.34. The Bertz CT molecular complexity index is 383. The summed E-state index contributed by atoms with van der Waals surface area (Å²) in [5.41, 5.74) is 0.934. The summed E-state index contributed by atoms with van der Waals surface area (Å²) in [4.78, 5) is 22.7. The van der Waals surface area contributed by atoms with Crippen LogP contribution in [0.2, 0.25) is 0 Å². The SMILES string of the molecule is CC(OC(=O)NC(C=O)C1=CCC=CC1)C1CC1. The van der Waals surface area contributed by atoms with Crippen LogP contribution in [0.4, 0.5) is 4.79 Å². The minimum Gasteiger partial charge on any atom is -0.446 e. The van der Waals surface area contributed by atoms with Crippen LogP contribution in [0.25, 0.3) is 0 Å². The monoisotopic (exact) mass is 249 g/mol. The van der Waals surface area contributed by atoms with Crippen molar-refractivity contribution in [3.63, 3.8) is 0 Å². The first-order valence-corrected chi connectivity index (χ1v) is 6.47. The van der Waals surface area contributed by atoms with Gasteiger partial charge in [-0.15, -0.1) is 0 Å². The van der Waals surface area contributed by atoms with Crippen molar-refractivity contribution in [3.8, 4) is 0 Å². The maximum atomic E-state index is 11.7. The maximum absolute atomic E-state index is 11.7. The van der Waals surface area contributed by atoms with Crippen molar-refractivity contribution in [1.29, 1.82) is 0 Å². The topological polar surface area (TPSA) is 55.4 Å². The summed E-state index contributed by atoms with van der Waals surface area (Å²) in [5, 5.41) is 2.62. The fourth-order valence-electron chi connectivity index (χ4n) is 2.08. The summed E-state index contributed by atoms with van der Waals surface area (Å²) in [6, 6.07) is -0.561. The molecule has 1 fully saturated rings. The van der Waals surface area contributed by atoms with Crippen LogP contribution in [0.3, 0.4) is 0 Å². The van der Waals surface area contributed by atoms with E-state index >= 15 is 0 Å². The van der Waals surface area contributed by atoms with E-state index in [-0.39, 0.29) is 6.10 Å². The largest absolute Gasteiger partial charge is 0.446 e. The Morgan fingerprint density at radius 1 is 1.50 bits per heavy atom. The van der Waals surface area contributed by atoms with Crippen LogP contribution in [0.15, 0.2) is 23.8 Å². The zero-order chi connectivity index (χ0) is 13.0. The molecule has 0 heterocycles. The van der Waals surface area contributed by atoms with E-state index in [1.807, 2.05) is 25.2 Å². The minimum absolute atomic E-state index is 0.0578. The van der Waals surface area contributed by atoms with Gasteiger partial charge in [0, 0.05) is 0 Å². The molecular formula is C14H19NO3. The van der Waals surface area contributed by atoms with Crippen molar-refractivity contribution in [2.45, 2.75) is 44.8 Å². The van der Waals surface area contributed by atoms with Crippen LogP contribution >= 0.6 is 0 Å². The molecule has 2 unspecified atom stereocenters. The highest BCUT2D eigenvalue weighted by Gasteiger charge is 2.31. The van der Waals surface area contributed by atoms with Crippen molar-refractivity contribution in [3.05, 3.63) is 23.8 Å².